The summed E-state index contributed by atoms with van der Waals surface area (Å²) in [5, 5.41) is 4.71. The van der Waals surface area contributed by atoms with E-state index in [4.69, 9.17) is 21.1 Å². The molecule has 1 N–H and O–H groups in total. The summed E-state index contributed by atoms with van der Waals surface area (Å²) in [4.78, 5) is 0. The van der Waals surface area contributed by atoms with Crippen LogP contribution >= 0.6 is 11.6 Å². The van der Waals surface area contributed by atoms with Crippen LogP contribution in [0.1, 0.15) is 56.6 Å². The Bertz CT molecular complexity index is 861. The Morgan fingerprint density at radius 1 is 0.900 bits per heavy atom. The minimum Gasteiger partial charge on any atom is -0.490 e. The Morgan fingerprint density at radius 3 is 2.30 bits per heavy atom. The maximum atomic E-state index is 6.09. The van der Waals surface area contributed by atoms with E-state index in [1.165, 1.54) is 44.1 Å². The molecule has 4 bridgehead atoms. The van der Waals surface area contributed by atoms with Gasteiger partial charge in [-0.25, -0.2) is 0 Å². The van der Waals surface area contributed by atoms with Gasteiger partial charge in [-0.05, 0) is 98.6 Å². The SMILES string of the molecule is CCOc1cc(CNC23CC4CC(CC(C4)C2)C3)ccc1OCc1cccc(Cl)c1. The molecule has 0 heterocycles. The molecule has 0 aliphatic heterocycles. The van der Waals surface area contributed by atoms with Gasteiger partial charge in [0, 0.05) is 17.1 Å². The van der Waals surface area contributed by atoms with Crippen LogP contribution in [0.3, 0.4) is 0 Å². The third-order valence-electron chi connectivity index (χ3n) is 7.30. The highest BCUT2D eigenvalue weighted by Crippen LogP contribution is 2.55. The number of ether oxygens (including phenoxy) is 2. The molecule has 4 aliphatic carbocycles. The van der Waals surface area contributed by atoms with Gasteiger partial charge in [-0.15, -0.1) is 0 Å². The van der Waals surface area contributed by atoms with E-state index in [-0.39, 0.29) is 0 Å². The van der Waals surface area contributed by atoms with Crippen molar-refractivity contribution in [3.63, 3.8) is 0 Å². The molecule has 0 atom stereocenters. The fourth-order valence-electron chi connectivity index (χ4n) is 6.45. The molecule has 0 amide bonds. The molecule has 4 fully saturated rings. The van der Waals surface area contributed by atoms with Crippen molar-refractivity contribution < 1.29 is 9.47 Å². The van der Waals surface area contributed by atoms with Crippen molar-refractivity contribution in [2.45, 2.75) is 64.1 Å². The highest BCUT2D eigenvalue weighted by atomic mass is 35.5. The van der Waals surface area contributed by atoms with Crippen LogP contribution in [0, 0.1) is 17.8 Å². The summed E-state index contributed by atoms with van der Waals surface area (Å²) in [6.07, 6.45) is 8.56. The van der Waals surface area contributed by atoms with Gasteiger partial charge in [0.1, 0.15) is 6.61 Å². The average molecular weight is 426 g/mol. The molecule has 2 aromatic rings. The first-order chi connectivity index (χ1) is 14.6. The van der Waals surface area contributed by atoms with Crippen LogP contribution < -0.4 is 14.8 Å². The van der Waals surface area contributed by atoms with Gasteiger partial charge in [-0.3, -0.25) is 0 Å². The first-order valence-electron chi connectivity index (χ1n) is 11.5. The van der Waals surface area contributed by atoms with Gasteiger partial charge in [0.2, 0.25) is 0 Å². The second-order valence-corrected chi connectivity index (χ2v) is 10.1. The quantitative estimate of drug-likeness (QED) is 0.532. The lowest BCUT2D eigenvalue weighted by Crippen LogP contribution is -2.58. The molecule has 0 radical (unpaired) electrons. The van der Waals surface area contributed by atoms with Crippen molar-refractivity contribution in [2.75, 3.05) is 6.61 Å². The van der Waals surface area contributed by atoms with Crippen molar-refractivity contribution in [3.8, 4) is 11.5 Å². The van der Waals surface area contributed by atoms with Gasteiger partial charge in [-0.1, -0.05) is 29.8 Å². The molecular weight excluding hydrogens is 394 g/mol. The van der Waals surface area contributed by atoms with Gasteiger partial charge >= 0.3 is 0 Å². The van der Waals surface area contributed by atoms with Crippen molar-refractivity contribution in [2.24, 2.45) is 17.8 Å². The van der Waals surface area contributed by atoms with E-state index in [2.05, 4.69) is 17.4 Å². The fourth-order valence-corrected chi connectivity index (χ4v) is 6.67. The Hall–Kier alpha value is -1.71. The molecule has 0 saturated heterocycles. The van der Waals surface area contributed by atoms with Crippen LogP contribution in [0.5, 0.6) is 11.5 Å². The lowest BCUT2D eigenvalue weighted by molar-refractivity contribution is -0.0206. The summed E-state index contributed by atoms with van der Waals surface area (Å²) < 4.78 is 12.0. The third-order valence-corrected chi connectivity index (χ3v) is 7.53. The summed E-state index contributed by atoms with van der Waals surface area (Å²) in [7, 11) is 0. The molecule has 30 heavy (non-hydrogen) atoms. The minimum absolute atomic E-state index is 0.377. The number of benzene rings is 2. The van der Waals surface area contributed by atoms with E-state index in [1.54, 1.807) is 0 Å². The first-order valence-corrected chi connectivity index (χ1v) is 11.9. The van der Waals surface area contributed by atoms with E-state index in [9.17, 15) is 0 Å². The monoisotopic (exact) mass is 425 g/mol. The van der Waals surface area contributed by atoms with Gasteiger partial charge in [0.05, 0.1) is 6.61 Å². The predicted molar refractivity (Wildman–Crippen MR) is 121 cm³/mol. The third kappa shape index (κ3) is 4.33. The van der Waals surface area contributed by atoms with Crippen LogP contribution in [0.15, 0.2) is 42.5 Å². The van der Waals surface area contributed by atoms with Crippen molar-refractivity contribution in [1.29, 1.82) is 0 Å². The van der Waals surface area contributed by atoms with Crippen molar-refractivity contribution in [3.05, 3.63) is 58.6 Å². The summed E-state index contributed by atoms with van der Waals surface area (Å²) >= 11 is 6.09. The lowest BCUT2D eigenvalue weighted by Gasteiger charge is -2.57. The lowest BCUT2D eigenvalue weighted by atomic mass is 9.53. The molecule has 0 aromatic heterocycles. The maximum absolute atomic E-state index is 6.09. The summed E-state index contributed by atoms with van der Waals surface area (Å²) in [6, 6.07) is 14.1. The Morgan fingerprint density at radius 2 is 1.63 bits per heavy atom. The van der Waals surface area contributed by atoms with Gasteiger partial charge in [0.25, 0.3) is 0 Å². The van der Waals surface area contributed by atoms with E-state index in [0.29, 0.717) is 18.8 Å². The highest BCUT2D eigenvalue weighted by Gasteiger charge is 2.50. The molecule has 4 aliphatic rings. The minimum atomic E-state index is 0.377. The normalized spacial score (nSPS) is 29.2. The zero-order valence-electron chi connectivity index (χ0n) is 17.8. The van der Waals surface area contributed by atoms with Crippen LogP contribution in [0.25, 0.3) is 0 Å². The number of rotatable bonds is 8. The Balaban J connectivity index is 1.25. The largest absolute Gasteiger partial charge is 0.490 e. The Kier molecular flexibility index (Phi) is 5.68. The molecule has 4 heteroatoms. The average Bonchev–Trinajstić information content (AvgIpc) is 2.71. The summed E-state index contributed by atoms with van der Waals surface area (Å²) in [5.74, 6) is 4.50. The molecule has 0 unspecified atom stereocenters. The number of halogens is 1. The first kappa shape index (κ1) is 20.2. The summed E-state index contributed by atoms with van der Waals surface area (Å²) in [6.45, 7) is 4.02. The fraction of sp³-hybridized carbons (Fsp3) is 0.538. The van der Waals surface area contributed by atoms with E-state index in [0.717, 1.165) is 46.4 Å². The topological polar surface area (TPSA) is 30.5 Å². The van der Waals surface area contributed by atoms with Crippen LogP contribution in [-0.4, -0.2) is 12.1 Å². The van der Waals surface area contributed by atoms with Crippen LogP contribution in [0.2, 0.25) is 5.02 Å². The van der Waals surface area contributed by atoms with Gasteiger partial charge in [-0.2, -0.15) is 0 Å². The Labute approximate surface area is 185 Å². The number of hydrogen-bond donors (Lipinski definition) is 1. The predicted octanol–water partition coefficient (Wildman–Crippen LogP) is 6.38. The maximum Gasteiger partial charge on any atom is 0.161 e. The van der Waals surface area contributed by atoms with E-state index in [1.807, 2.05) is 37.3 Å². The number of hydrogen-bond acceptors (Lipinski definition) is 3. The molecular formula is C26H32ClNO2. The molecule has 160 valence electrons. The zero-order valence-corrected chi connectivity index (χ0v) is 18.6. The molecule has 4 saturated carbocycles. The number of nitrogens with one attached hydrogen (secondary N) is 1. The zero-order chi connectivity index (χ0) is 20.6. The van der Waals surface area contributed by atoms with Crippen LogP contribution in [-0.2, 0) is 13.2 Å². The standard InChI is InChI=1S/C26H32ClNO2/c1-2-29-25-12-18(6-7-24(25)30-17-19-4-3-5-23(27)11-19)16-28-26-13-20-8-21(14-26)10-22(9-20)15-26/h3-7,11-12,20-22,28H,2,8-10,13-17H2,1H3. The van der Waals surface area contributed by atoms with Gasteiger partial charge in [0.15, 0.2) is 11.5 Å². The molecule has 2 aromatic carbocycles. The second-order valence-electron chi connectivity index (χ2n) is 9.68. The molecule has 0 spiro atoms. The summed E-state index contributed by atoms with van der Waals surface area (Å²) in [5.41, 5.74) is 2.70. The molecule has 3 nitrogen and oxygen atoms in total. The van der Waals surface area contributed by atoms with Gasteiger partial charge < -0.3 is 14.8 Å². The molecule has 6 rings (SSSR count). The highest BCUT2D eigenvalue weighted by molar-refractivity contribution is 6.30. The van der Waals surface area contributed by atoms with Crippen molar-refractivity contribution in [1.82, 2.24) is 5.32 Å². The smallest absolute Gasteiger partial charge is 0.161 e. The van der Waals surface area contributed by atoms with E-state index >= 15 is 0 Å². The second kappa shape index (κ2) is 8.43. The van der Waals surface area contributed by atoms with Crippen molar-refractivity contribution >= 4 is 11.6 Å². The van der Waals surface area contributed by atoms with Crippen LogP contribution in [0.4, 0.5) is 0 Å². The van der Waals surface area contributed by atoms with E-state index < -0.39 is 0 Å².